The summed E-state index contributed by atoms with van der Waals surface area (Å²) in [7, 11) is 1.69. The third-order valence-electron chi connectivity index (χ3n) is 4.54. The molecule has 1 aliphatic heterocycles. The van der Waals surface area contributed by atoms with Gasteiger partial charge in [-0.3, -0.25) is 9.48 Å². The average molecular weight is 309 g/mol. The van der Waals surface area contributed by atoms with Crippen molar-refractivity contribution in [3.8, 4) is 0 Å². The van der Waals surface area contributed by atoms with Crippen LogP contribution in [0.3, 0.4) is 0 Å². The lowest BCUT2D eigenvalue weighted by molar-refractivity contribution is 0.0180. The molecule has 1 aromatic heterocycles. The number of aliphatic hydroxyl groups is 1. The number of hydrogen-bond acceptors (Lipinski definition) is 4. The Labute approximate surface area is 132 Å². The van der Waals surface area contributed by atoms with E-state index in [-0.39, 0.29) is 17.9 Å². The number of aryl methyl sites for hydroxylation is 1. The SMILES string of the molecule is CCn1cc(C(=O)N2CCC[C@](CO)(CCCOC)C2)cn1. The molecule has 0 saturated carbocycles. The van der Waals surface area contributed by atoms with E-state index in [9.17, 15) is 9.90 Å². The van der Waals surface area contributed by atoms with Crippen molar-refractivity contribution in [2.75, 3.05) is 33.4 Å². The van der Waals surface area contributed by atoms with Crippen molar-refractivity contribution in [2.45, 2.75) is 39.2 Å². The number of carbonyl (C=O) groups excluding carboxylic acids is 1. The summed E-state index contributed by atoms with van der Waals surface area (Å²) < 4.78 is 6.87. The van der Waals surface area contributed by atoms with E-state index >= 15 is 0 Å². The summed E-state index contributed by atoms with van der Waals surface area (Å²) in [6.45, 7) is 4.93. The predicted octanol–water partition coefficient (Wildman–Crippen LogP) is 1.54. The number of rotatable bonds is 7. The number of amides is 1. The van der Waals surface area contributed by atoms with Crippen molar-refractivity contribution >= 4 is 5.91 Å². The minimum atomic E-state index is -0.187. The second kappa shape index (κ2) is 7.74. The van der Waals surface area contributed by atoms with Crippen molar-refractivity contribution in [3.05, 3.63) is 18.0 Å². The van der Waals surface area contributed by atoms with E-state index in [1.807, 2.05) is 11.8 Å². The molecule has 0 radical (unpaired) electrons. The van der Waals surface area contributed by atoms with Gasteiger partial charge in [-0.2, -0.15) is 5.10 Å². The van der Waals surface area contributed by atoms with E-state index in [0.29, 0.717) is 18.7 Å². The van der Waals surface area contributed by atoms with Crippen molar-refractivity contribution in [1.29, 1.82) is 0 Å². The zero-order valence-electron chi connectivity index (χ0n) is 13.6. The maximum Gasteiger partial charge on any atom is 0.257 e. The van der Waals surface area contributed by atoms with E-state index < -0.39 is 0 Å². The van der Waals surface area contributed by atoms with Gasteiger partial charge in [0.15, 0.2) is 0 Å². The largest absolute Gasteiger partial charge is 0.396 e. The lowest BCUT2D eigenvalue weighted by Crippen LogP contribution is -2.48. The van der Waals surface area contributed by atoms with Gasteiger partial charge in [0.1, 0.15) is 0 Å². The van der Waals surface area contributed by atoms with Crippen LogP contribution in [0.25, 0.3) is 0 Å². The lowest BCUT2D eigenvalue weighted by atomic mass is 9.77. The number of hydrogen-bond donors (Lipinski definition) is 1. The predicted molar refractivity (Wildman–Crippen MR) is 83.7 cm³/mol. The summed E-state index contributed by atoms with van der Waals surface area (Å²) >= 11 is 0. The third-order valence-corrected chi connectivity index (χ3v) is 4.54. The molecule has 2 rings (SSSR count). The molecule has 1 saturated heterocycles. The standard InChI is InChI=1S/C16H27N3O3/c1-3-19-11-14(10-17-19)15(21)18-8-4-6-16(12-18,13-20)7-5-9-22-2/h10-11,20H,3-9,12-13H2,1-2H3/t16-/m0/s1. The summed E-state index contributed by atoms with van der Waals surface area (Å²) in [6, 6.07) is 0. The average Bonchev–Trinajstić information content (AvgIpc) is 3.03. The number of ether oxygens (including phenoxy) is 1. The van der Waals surface area contributed by atoms with Crippen molar-refractivity contribution in [3.63, 3.8) is 0 Å². The van der Waals surface area contributed by atoms with Gasteiger partial charge in [-0.1, -0.05) is 0 Å². The zero-order chi connectivity index (χ0) is 16.0. The molecule has 124 valence electrons. The molecule has 0 aromatic carbocycles. The van der Waals surface area contributed by atoms with Gasteiger partial charge in [-0.25, -0.2) is 0 Å². The number of piperidine rings is 1. The molecule has 1 amide bonds. The molecule has 0 aliphatic carbocycles. The molecule has 1 fully saturated rings. The van der Waals surface area contributed by atoms with E-state index in [1.54, 1.807) is 24.2 Å². The molecule has 1 atom stereocenters. The first-order valence-corrected chi connectivity index (χ1v) is 8.05. The molecule has 2 heterocycles. The molecular weight excluding hydrogens is 282 g/mol. The Morgan fingerprint density at radius 2 is 2.36 bits per heavy atom. The first-order chi connectivity index (χ1) is 10.6. The summed E-state index contributed by atoms with van der Waals surface area (Å²) in [4.78, 5) is 14.5. The van der Waals surface area contributed by atoms with E-state index in [1.165, 1.54) is 0 Å². The molecule has 6 heteroatoms. The number of nitrogens with zero attached hydrogens (tertiary/aromatic N) is 3. The topological polar surface area (TPSA) is 67.6 Å². The minimum absolute atomic E-state index is 0.0176. The van der Waals surface area contributed by atoms with Crippen LogP contribution >= 0.6 is 0 Å². The molecule has 0 bridgehead atoms. The Balaban J connectivity index is 2.03. The highest BCUT2D eigenvalue weighted by Crippen LogP contribution is 2.34. The Morgan fingerprint density at radius 3 is 3.00 bits per heavy atom. The molecule has 0 spiro atoms. The van der Waals surface area contributed by atoms with E-state index in [2.05, 4.69) is 5.10 Å². The highest BCUT2D eigenvalue weighted by Gasteiger charge is 2.36. The van der Waals surface area contributed by atoms with Crippen LogP contribution in [0.4, 0.5) is 0 Å². The highest BCUT2D eigenvalue weighted by atomic mass is 16.5. The highest BCUT2D eigenvalue weighted by molar-refractivity contribution is 5.93. The fourth-order valence-electron chi connectivity index (χ4n) is 3.21. The number of methoxy groups -OCH3 is 1. The van der Waals surface area contributed by atoms with Gasteiger partial charge < -0.3 is 14.7 Å². The van der Waals surface area contributed by atoms with Gasteiger partial charge in [-0.05, 0) is 32.6 Å². The summed E-state index contributed by atoms with van der Waals surface area (Å²) in [5.41, 5.74) is 0.445. The normalized spacial score (nSPS) is 22.0. The Bertz CT molecular complexity index is 489. The van der Waals surface area contributed by atoms with Crippen molar-refractivity contribution < 1.29 is 14.6 Å². The Hall–Kier alpha value is -1.40. The smallest absolute Gasteiger partial charge is 0.257 e. The molecule has 1 aromatic rings. The second-order valence-electron chi connectivity index (χ2n) is 6.17. The van der Waals surface area contributed by atoms with Gasteiger partial charge in [0.2, 0.25) is 0 Å². The van der Waals surface area contributed by atoms with Gasteiger partial charge >= 0.3 is 0 Å². The molecule has 0 unspecified atom stereocenters. The molecule has 6 nitrogen and oxygen atoms in total. The number of carbonyl (C=O) groups is 1. The first kappa shape index (κ1) is 17.0. The van der Waals surface area contributed by atoms with Crippen LogP contribution in [0.5, 0.6) is 0 Å². The van der Waals surface area contributed by atoms with E-state index in [0.717, 1.165) is 38.8 Å². The van der Waals surface area contributed by atoms with Crippen LogP contribution in [-0.2, 0) is 11.3 Å². The van der Waals surface area contributed by atoms with Crippen LogP contribution in [0.15, 0.2) is 12.4 Å². The summed E-state index contributed by atoms with van der Waals surface area (Å²) in [5.74, 6) is 0.0176. The first-order valence-electron chi connectivity index (χ1n) is 8.05. The molecule has 1 aliphatic rings. The van der Waals surface area contributed by atoms with Crippen LogP contribution < -0.4 is 0 Å². The maximum atomic E-state index is 12.6. The second-order valence-corrected chi connectivity index (χ2v) is 6.17. The minimum Gasteiger partial charge on any atom is -0.396 e. The fourth-order valence-corrected chi connectivity index (χ4v) is 3.21. The van der Waals surface area contributed by atoms with Gasteiger partial charge in [-0.15, -0.1) is 0 Å². The van der Waals surface area contributed by atoms with Crippen LogP contribution in [0.2, 0.25) is 0 Å². The summed E-state index contributed by atoms with van der Waals surface area (Å²) in [6.07, 6.45) is 7.11. The molecule has 22 heavy (non-hydrogen) atoms. The number of aliphatic hydroxyl groups excluding tert-OH is 1. The molecular formula is C16H27N3O3. The quantitative estimate of drug-likeness (QED) is 0.776. The van der Waals surface area contributed by atoms with Gasteiger partial charge in [0, 0.05) is 45.0 Å². The Kier molecular flexibility index (Phi) is 5.97. The Morgan fingerprint density at radius 1 is 1.55 bits per heavy atom. The zero-order valence-corrected chi connectivity index (χ0v) is 13.6. The number of aromatic nitrogens is 2. The van der Waals surface area contributed by atoms with Crippen molar-refractivity contribution in [1.82, 2.24) is 14.7 Å². The molecule has 1 N–H and O–H groups in total. The van der Waals surface area contributed by atoms with Gasteiger partial charge in [0.05, 0.1) is 18.4 Å². The van der Waals surface area contributed by atoms with Gasteiger partial charge in [0.25, 0.3) is 5.91 Å². The van der Waals surface area contributed by atoms with Crippen LogP contribution in [0.1, 0.15) is 43.0 Å². The monoisotopic (exact) mass is 309 g/mol. The fraction of sp³-hybridized carbons (Fsp3) is 0.750. The lowest BCUT2D eigenvalue weighted by Gasteiger charge is -2.42. The van der Waals surface area contributed by atoms with Crippen LogP contribution in [0, 0.1) is 5.41 Å². The maximum absolute atomic E-state index is 12.6. The van der Waals surface area contributed by atoms with E-state index in [4.69, 9.17) is 4.74 Å². The van der Waals surface area contributed by atoms with Crippen LogP contribution in [-0.4, -0.2) is 59.1 Å². The van der Waals surface area contributed by atoms with Crippen molar-refractivity contribution in [2.24, 2.45) is 5.41 Å². The summed E-state index contributed by atoms with van der Waals surface area (Å²) in [5, 5.41) is 14.0. The number of likely N-dealkylation sites (tertiary alicyclic amines) is 1. The third kappa shape index (κ3) is 3.87.